The molecule has 1 amide bonds. The molecular weight excluding hydrogens is 224 g/mol. The first-order chi connectivity index (χ1) is 8.77. The summed E-state index contributed by atoms with van der Waals surface area (Å²) in [6, 6.07) is 9.95. The van der Waals surface area contributed by atoms with Crippen LogP contribution in [0, 0.1) is 12.3 Å². The molecule has 1 rings (SSSR count). The predicted octanol–water partition coefficient (Wildman–Crippen LogP) is 1.78. The summed E-state index contributed by atoms with van der Waals surface area (Å²) in [6.45, 7) is 1.91. The van der Waals surface area contributed by atoms with E-state index in [1.54, 1.807) is 0 Å². The monoisotopic (exact) mass is 244 g/mol. The van der Waals surface area contributed by atoms with E-state index in [9.17, 15) is 4.79 Å². The molecule has 0 aliphatic carbocycles. The molecule has 18 heavy (non-hydrogen) atoms. The molecule has 1 aromatic carbocycles. The quantitative estimate of drug-likeness (QED) is 0.743. The normalized spacial score (nSPS) is 9.78. The van der Waals surface area contributed by atoms with Gasteiger partial charge in [0.1, 0.15) is 0 Å². The average molecular weight is 244 g/mol. The van der Waals surface area contributed by atoms with Gasteiger partial charge in [-0.25, -0.2) is 0 Å². The van der Waals surface area contributed by atoms with Crippen LogP contribution in [0.5, 0.6) is 0 Å². The summed E-state index contributed by atoms with van der Waals surface area (Å²) in [5, 5.41) is 0. The molecule has 0 saturated heterocycles. The molecule has 3 nitrogen and oxygen atoms in total. The van der Waals surface area contributed by atoms with Gasteiger partial charge in [-0.3, -0.25) is 4.79 Å². The van der Waals surface area contributed by atoms with E-state index in [-0.39, 0.29) is 5.91 Å². The molecule has 0 saturated carbocycles. The van der Waals surface area contributed by atoms with E-state index in [4.69, 9.17) is 12.2 Å². The summed E-state index contributed by atoms with van der Waals surface area (Å²) in [6.07, 6.45) is 6.91. The summed E-state index contributed by atoms with van der Waals surface area (Å²) in [5.41, 5.74) is 6.63. The fourth-order valence-electron chi connectivity index (χ4n) is 1.72. The molecule has 0 bridgehead atoms. The highest BCUT2D eigenvalue weighted by Crippen LogP contribution is 2.07. The zero-order valence-corrected chi connectivity index (χ0v) is 10.6. The number of hydrogen-bond acceptors (Lipinski definition) is 2. The van der Waals surface area contributed by atoms with Gasteiger partial charge in [0.25, 0.3) is 0 Å². The molecule has 0 aliphatic rings. The molecule has 1 aromatic rings. The van der Waals surface area contributed by atoms with Crippen molar-refractivity contribution < 1.29 is 4.79 Å². The van der Waals surface area contributed by atoms with Gasteiger partial charge in [0.15, 0.2) is 0 Å². The Kier molecular flexibility index (Phi) is 6.60. The van der Waals surface area contributed by atoms with Crippen LogP contribution in [0.25, 0.3) is 0 Å². The smallest absolute Gasteiger partial charge is 0.223 e. The lowest BCUT2D eigenvalue weighted by molar-refractivity contribution is -0.131. The van der Waals surface area contributed by atoms with E-state index in [1.165, 1.54) is 0 Å². The Morgan fingerprint density at radius 3 is 2.67 bits per heavy atom. The van der Waals surface area contributed by atoms with Crippen molar-refractivity contribution in [1.29, 1.82) is 0 Å². The molecule has 0 spiro atoms. The number of carbonyl (C=O) groups is 1. The zero-order valence-electron chi connectivity index (χ0n) is 10.6. The van der Waals surface area contributed by atoms with Crippen molar-refractivity contribution in [3.05, 3.63) is 35.9 Å². The van der Waals surface area contributed by atoms with Gasteiger partial charge < -0.3 is 10.6 Å². The molecule has 0 heterocycles. The van der Waals surface area contributed by atoms with Gasteiger partial charge in [-0.15, -0.1) is 12.3 Å². The Balaban J connectivity index is 2.60. The lowest BCUT2D eigenvalue weighted by Gasteiger charge is -2.22. The van der Waals surface area contributed by atoms with Crippen molar-refractivity contribution in [2.45, 2.75) is 25.8 Å². The molecule has 0 fully saturated rings. The zero-order chi connectivity index (χ0) is 13.2. The minimum absolute atomic E-state index is 0.102. The Morgan fingerprint density at radius 1 is 1.33 bits per heavy atom. The van der Waals surface area contributed by atoms with Crippen LogP contribution in [-0.4, -0.2) is 23.9 Å². The summed E-state index contributed by atoms with van der Waals surface area (Å²) in [4.78, 5) is 13.8. The van der Waals surface area contributed by atoms with Crippen molar-refractivity contribution in [2.24, 2.45) is 5.73 Å². The van der Waals surface area contributed by atoms with Gasteiger partial charge in [0, 0.05) is 25.9 Å². The van der Waals surface area contributed by atoms with Gasteiger partial charge >= 0.3 is 0 Å². The van der Waals surface area contributed by atoms with Gasteiger partial charge in [-0.1, -0.05) is 30.3 Å². The predicted molar refractivity (Wildman–Crippen MR) is 73.6 cm³/mol. The van der Waals surface area contributed by atoms with Crippen molar-refractivity contribution in [2.75, 3.05) is 13.1 Å². The maximum Gasteiger partial charge on any atom is 0.223 e. The van der Waals surface area contributed by atoms with Crippen LogP contribution in [0.15, 0.2) is 30.3 Å². The van der Waals surface area contributed by atoms with Crippen LogP contribution in [0.1, 0.15) is 24.8 Å². The van der Waals surface area contributed by atoms with Crippen LogP contribution in [0.2, 0.25) is 0 Å². The number of rotatable bonds is 7. The highest BCUT2D eigenvalue weighted by molar-refractivity contribution is 5.76. The molecule has 3 heteroatoms. The summed E-state index contributed by atoms with van der Waals surface area (Å²) in [7, 11) is 0. The maximum absolute atomic E-state index is 12.0. The lowest BCUT2D eigenvalue weighted by atomic mass is 10.2. The molecule has 0 aromatic heterocycles. The molecular formula is C15H20N2O. The first-order valence-electron chi connectivity index (χ1n) is 6.23. The molecule has 0 unspecified atom stereocenters. The van der Waals surface area contributed by atoms with Crippen molar-refractivity contribution in [3.63, 3.8) is 0 Å². The molecule has 0 atom stereocenters. The van der Waals surface area contributed by atoms with Crippen LogP contribution in [0.3, 0.4) is 0 Å². The highest BCUT2D eigenvalue weighted by atomic mass is 16.2. The van der Waals surface area contributed by atoms with Crippen LogP contribution in [-0.2, 0) is 11.3 Å². The fourth-order valence-corrected chi connectivity index (χ4v) is 1.72. The Morgan fingerprint density at radius 2 is 2.06 bits per heavy atom. The number of benzene rings is 1. The minimum atomic E-state index is 0.102. The van der Waals surface area contributed by atoms with Crippen LogP contribution < -0.4 is 5.73 Å². The second-order valence-corrected chi connectivity index (χ2v) is 4.15. The molecule has 0 radical (unpaired) electrons. The summed E-state index contributed by atoms with van der Waals surface area (Å²) >= 11 is 0. The fraction of sp³-hybridized carbons (Fsp3) is 0.400. The number of terminal acetylenes is 1. The van der Waals surface area contributed by atoms with Crippen molar-refractivity contribution in [1.82, 2.24) is 4.90 Å². The topological polar surface area (TPSA) is 46.3 Å². The molecule has 2 N–H and O–H groups in total. The largest absolute Gasteiger partial charge is 0.338 e. The van der Waals surface area contributed by atoms with Gasteiger partial charge in [-0.05, 0) is 18.5 Å². The second-order valence-electron chi connectivity index (χ2n) is 4.15. The highest BCUT2D eigenvalue weighted by Gasteiger charge is 2.12. The van der Waals surface area contributed by atoms with Crippen LogP contribution >= 0.6 is 0 Å². The number of amides is 1. The van der Waals surface area contributed by atoms with Gasteiger partial charge in [-0.2, -0.15) is 0 Å². The van der Waals surface area contributed by atoms with E-state index in [2.05, 4.69) is 5.92 Å². The maximum atomic E-state index is 12.0. The van der Waals surface area contributed by atoms with Crippen molar-refractivity contribution >= 4 is 5.91 Å². The number of nitrogens with two attached hydrogens (primary N) is 1. The van der Waals surface area contributed by atoms with Crippen LogP contribution in [0.4, 0.5) is 0 Å². The Labute approximate surface area is 109 Å². The number of hydrogen-bond donors (Lipinski definition) is 1. The minimum Gasteiger partial charge on any atom is -0.338 e. The third-order valence-corrected chi connectivity index (χ3v) is 2.68. The lowest BCUT2D eigenvalue weighted by Crippen LogP contribution is -2.32. The van der Waals surface area contributed by atoms with Crippen molar-refractivity contribution in [3.8, 4) is 12.3 Å². The second kappa shape index (κ2) is 8.32. The summed E-state index contributed by atoms with van der Waals surface area (Å²) < 4.78 is 0. The number of carbonyl (C=O) groups excluding carboxylic acids is 1. The van der Waals surface area contributed by atoms with E-state index in [0.717, 1.165) is 12.0 Å². The first kappa shape index (κ1) is 14.3. The Hall–Kier alpha value is -1.79. The first-order valence-corrected chi connectivity index (χ1v) is 6.23. The van der Waals surface area contributed by atoms with Gasteiger partial charge in [0.2, 0.25) is 5.91 Å². The average Bonchev–Trinajstić information content (AvgIpc) is 2.42. The van der Waals surface area contributed by atoms with E-state index < -0.39 is 0 Å². The standard InChI is InChI=1S/C15H20N2O/c1-2-3-10-15(18)17(12-7-11-16)13-14-8-5-4-6-9-14/h1,4-6,8-9H,3,7,10-13,16H2. The third-order valence-electron chi connectivity index (χ3n) is 2.68. The number of nitrogens with zero attached hydrogens (tertiary/aromatic N) is 1. The molecule has 0 aliphatic heterocycles. The Bertz CT molecular complexity index is 395. The summed E-state index contributed by atoms with van der Waals surface area (Å²) in [5.74, 6) is 2.60. The van der Waals surface area contributed by atoms with E-state index >= 15 is 0 Å². The third kappa shape index (κ3) is 5.03. The van der Waals surface area contributed by atoms with Gasteiger partial charge in [0.05, 0.1) is 0 Å². The van der Waals surface area contributed by atoms with E-state index in [0.29, 0.717) is 32.5 Å². The SMILES string of the molecule is C#CCCC(=O)N(CCCN)Cc1ccccc1. The molecule has 96 valence electrons. The van der Waals surface area contributed by atoms with E-state index in [1.807, 2.05) is 35.2 Å².